The van der Waals surface area contributed by atoms with Crippen LogP contribution in [0, 0.1) is 0 Å². The zero-order chi connectivity index (χ0) is 22.4. The Morgan fingerprint density at radius 1 is 0.903 bits per heavy atom. The number of rotatable bonds is 8. The minimum atomic E-state index is -3.88. The molecule has 0 bridgehead atoms. The Morgan fingerprint density at radius 3 is 2.06 bits per heavy atom. The van der Waals surface area contributed by atoms with Crippen molar-refractivity contribution in [1.82, 2.24) is 10.0 Å². The predicted octanol–water partition coefficient (Wildman–Crippen LogP) is 3.92. The van der Waals surface area contributed by atoms with E-state index in [1.165, 1.54) is 26.2 Å². The second kappa shape index (κ2) is 9.96. The molecule has 1 unspecified atom stereocenters. The molecule has 2 atom stereocenters. The molecule has 0 aliphatic rings. The van der Waals surface area contributed by atoms with E-state index in [0.717, 1.165) is 11.1 Å². The number of benzene rings is 3. The summed E-state index contributed by atoms with van der Waals surface area (Å²) < 4.78 is 32.8. The van der Waals surface area contributed by atoms with Crippen molar-refractivity contribution in [3.63, 3.8) is 0 Å². The SMILES string of the molecule is COc1ccc(S(=O)(=O)N[C@@H](C)C(=O)NC(c2ccccc2)c2ccc(Cl)cc2)cc1. The first-order chi connectivity index (χ1) is 14.8. The number of carbonyl (C=O) groups is 1. The third-order valence-corrected chi connectivity index (χ3v) is 6.53. The van der Waals surface area contributed by atoms with Gasteiger partial charge in [0.05, 0.1) is 24.1 Å². The minimum absolute atomic E-state index is 0.0465. The number of hydrogen-bond acceptors (Lipinski definition) is 4. The average molecular weight is 459 g/mol. The topological polar surface area (TPSA) is 84.5 Å². The molecule has 0 aliphatic heterocycles. The number of carbonyl (C=O) groups excluding carboxylic acids is 1. The van der Waals surface area contributed by atoms with Gasteiger partial charge in [0.15, 0.2) is 0 Å². The molecule has 0 saturated carbocycles. The van der Waals surface area contributed by atoms with Gasteiger partial charge in [0.1, 0.15) is 5.75 Å². The van der Waals surface area contributed by atoms with Crippen LogP contribution >= 0.6 is 11.6 Å². The van der Waals surface area contributed by atoms with E-state index in [9.17, 15) is 13.2 Å². The predicted molar refractivity (Wildman–Crippen MR) is 121 cm³/mol. The third-order valence-electron chi connectivity index (χ3n) is 4.72. The van der Waals surface area contributed by atoms with Crippen LogP contribution in [-0.4, -0.2) is 27.5 Å². The van der Waals surface area contributed by atoms with Gasteiger partial charge in [-0.1, -0.05) is 54.1 Å². The first-order valence-electron chi connectivity index (χ1n) is 9.57. The van der Waals surface area contributed by atoms with Crippen LogP contribution in [0.5, 0.6) is 5.75 Å². The van der Waals surface area contributed by atoms with Crippen molar-refractivity contribution < 1.29 is 17.9 Å². The fraction of sp³-hybridized carbons (Fsp3) is 0.174. The second-order valence-electron chi connectivity index (χ2n) is 6.92. The summed E-state index contributed by atoms with van der Waals surface area (Å²) in [5, 5.41) is 3.52. The quantitative estimate of drug-likeness (QED) is 0.535. The van der Waals surface area contributed by atoms with Crippen LogP contribution in [0.2, 0.25) is 5.02 Å². The summed E-state index contributed by atoms with van der Waals surface area (Å²) in [5.74, 6) is 0.0827. The summed E-state index contributed by atoms with van der Waals surface area (Å²) in [6.07, 6.45) is 0. The third kappa shape index (κ3) is 5.85. The van der Waals surface area contributed by atoms with Crippen molar-refractivity contribution in [1.29, 1.82) is 0 Å². The first kappa shape index (κ1) is 22.8. The van der Waals surface area contributed by atoms with Gasteiger partial charge in [-0.3, -0.25) is 4.79 Å². The van der Waals surface area contributed by atoms with Crippen LogP contribution < -0.4 is 14.8 Å². The van der Waals surface area contributed by atoms with Gasteiger partial charge in [0.25, 0.3) is 0 Å². The number of sulfonamides is 1. The number of hydrogen-bond donors (Lipinski definition) is 2. The normalized spacial score (nSPS) is 13.3. The molecule has 3 rings (SSSR count). The van der Waals surface area contributed by atoms with Crippen LogP contribution in [0.15, 0.2) is 83.8 Å². The van der Waals surface area contributed by atoms with E-state index in [0.29, 0.717) is 10.8 Å². The second-order valence-corrected chi connectivity index (χ2v) is 9.07. The average Bonchev–Trinajstić information content (AvgIpc) is 2.78. The summed E-state index contributed by atoms with van der Waals surface area (Å²) in [6.45, 7) is 1.50. The van der Waals surface area contributed by atoms with Gasteiger partial charge < -0.3 is 10.1 Å². The Morgan fingerprint density at radius 2 is 1.48 bits per heavy atom. The molecule has 0 spiro atoms. The summed E-state index contributed by atoms with van der Waals surface area (Å²) in [7, 11) is -2.39. The highest BCUT2D eigenvalue weighted by Crippen LogP contribution is 2.24. The largest absolute Gasteiger partial charge is 0.497 e. The molecule has 0 saturated heterocycles. The van der Waals surface area contributed by atoms with Crippen LogP contribution in [-0.2, 0) is 14.8 Å². The van der Waals surface area contributed by atoms with Crippen molar-refractivity contribution >= 4 is 27.5 Å². The molecule has 0 heterocycles. The molecule has 1 amide bonds. The zero-order valence-corrected chi connectivity index (χ0v) is 18.7. The maximum absolute atomic E-state index is 12.9. The lowest BCUT2D eigenvalue weighted by Crippen LogP contribution is -2.46. The van der Waals surface area contributed by atoms with E-state index in [4.69, 9.17) is 16.3 Å². The van der Waals surface area contributed by atoms with Crippen LogP contribution in [0.1, 0.15) is 24.1 Å². The van der Waals surface area contributed by atoms with Gasteiger partial charge in [0.2, 0.25) is 15.9 Å². The summed E-state index contributed by atoms with van der Waals surface area (Å²) in [6, 6.07) is 21.1. The summed E-state index contributed by atoms with van der Waals surface area (Å²) in [5.41, 5.74) is 1.69. The maximum atomic E-state index is 12.9. The molecule has 0 radical (unpaired) electrons. The van der Waals surface area contributed by atoms with E-state index in [2.05, 4.69) is 10.0 Å². The fourth-order valence-corrected chi connectivity index (χ4v) is 4.37. The Hall–Kier alpha value is -2.87. The first-order valence-corrected chi connectivity index (χ1v) is 11.4. The van der Waals surface area contributed by atoms with Gasteiger partial charge in [-0.05, 0) is 54.4 Å². The highest BCUT2D eigenvalue weighted by atomic mass is 35.5. The molecule has 0 aliphatic carbocycles. The standard InChI is InChI=1S/C23H23ClN2O4S/c1-16(26-31(28,29)21-14-12-20(30-2)13-15-21)23(27)25-22(17-6-4-3-5-7-17)18-8-10-19(24)11-9-18/h3-16,22,26H,1-2H3,(H,25,27)/t16-,22?/m0/s1. The Labute approximate surface area is 187 Å². The lowest BCUT2D eigenvalue weighted by Gasteiger charge is -2.22. The fourth-order valence-electron chi connectivity index (χ4n) is 3.04. The molecule has 8 heteroatoms. The van der Waals surface area contributed by atoms with Gasteiger partial charge in [0, 0.05) is 5.02 Å². The molecule has 6 nitrogen and oxygen atoms in total. The van der Waals surface area contributed by atoms with Gasteiger partial charge in [-0.25, -0.2) is 8.42 Å². The smallest absolute Gasteiger partial charge is 0.241 e. The minimum Gasteiger partial charge on any atom is -0.497 e. The van der Waals surface area contributed by atoms with Crippen molar-refractivity contribution in [2.24, 2.45) is 0 Å². The van der Waals surface area contributed by atoms with Crippen LogP contribution in [0.25, 0.3) is 0 Å². The van der Waals surface area contributed by atoms with Gasteiger partial charge in [-0.2, -0.15) is 4.72 Å². The van der Waals surface area contributed by atoms with Crippen molar-refractivity contribution in [3.05, 3.63) is 95.0 Å². The zero-order valence-electron chi connectivity index (χ0n) is 17.1. The Kier molecular flexibility index (Phi) is 7.33. The number of ether oxygens (including phenoxy) is 1. The van der Waals surface area contributed by atoms with E-state index in [1.54, 1.807) is 24.3 Å². The summed E-state index contributed by atoms with van der Waals surface area (Å²) >= 11 is 6.00. The van der Waals surface area contributed by atoms with Gasteiger partial charge in [-0.15, -0.1) is 0 Å². The summed E-state index contributed by atoms with van der Waals surface area (Å²) in [4.78, 5) is 12.9. The van der Waals surface area contributed by atoms with E-state index in [-0.39, 0.29) is 4.90 Å². The van der Waals surface area contributed by atoms with Crippen LogP contribution in [0.3, 0.4) is 0 Å². The molecule has 31 heavy (non-hydrogen) atoms. The lowest BCUT2D eigenvalue weighted by atomic mass is 9.98. The van der Waals surface area contributed by atoms with Crippen molar-refractivity contribution in [2.75, 3.05) is 7.11 Å². The molecule has 0 aromatic heterocycles. The highest BCUT2D eigenvalue weighted by Gasteiger charge is 2.25. The van der Waals surface area contributed by atoms with E-state index < -0.39 is 28.0 Å². The highest BCUT2D eigenvalue weighted by molar-refractivity contribution is 7.89. The molecule has 3 aromatic rings. The number of methoxy groups -OCH3 is 1. The molecular weight excluding hydrogens is 436 g/mol. The molecular formula is C23H23ClN2O4S. The molecule has 2 N–H and O–H groups in total. The Bertz CT molecular complexity index is 1120. The van der Waals surface area contributed by atoms with Gasteiger partial charge >= 0.3 is 0 Å². The monoisotopic (exact) mass is 458 g/mol. The van der Waals surface area contributed by atoms with Crippen LogP contribution in [0.4, 0.5) is 0 Å². The molecule has 162 valence electrons. The van der Waals surface area contributed by atoms with E-state index >= 15 is 0 Å². The van der Waals surface area contributed by atoms with Crippen molar-refractivity contribution in [2.45, 2.75) is 23.9 Å². The molecule has 3 aromatic carbocycles. The lowest BCUT2D eigenvalue weighted by molar-refractivity contribution is -0.122. The number of nitrogens with one attached hydrogen (secondary N) is 2. The number of amides is 1. The molecule has 0 fully saturated rings. The maximum Gasteiger partial charge on any atom is 0.241 e. The Balaban J connectivity index is 1.78. The van der Waals surface area contributed by atoms with E-state index in [1.807, 2.05) is 42.5 Å². The van der Waals surface area contributed by atoms with Crippen molar-refractivity contribution in [3.8, 4) is 5.75 Å². The number of halogens is 1.